The molecule has 2 nitrogen and oxygen atoms in total. The zero-order chi connectivity index (χ0) is 12.4. The van der Waals surface area contributed by atoms with Gasteiger partial charge in [-0.25, -0.2) is 0 Å². The first-order chi connectivity index (χ1) is 8.81. The zero-order valence-corrected chi connectivity index (χ0v) is 10.9. The van der Waals surface area contributed by atoms with Crippen molar-refractivity contribution in [2.24, 2.45) is 0 Å². The second kappa shape index (κ2) is 5.17. The summed E-state index contributed by atoms with van der Waals surface area (Å²) in [6, 6.07) is 12.7. The van der Waals surface area contributed by atoms with Gasteiger partial charge in [0, 0.05) is 11.1 Å². The van der Waals surface area contributed by atoms with Gasteiger partial charge in [0.2, 0.25) is 0 Å². The average molecular weight is 262 g/mol. The summed E-state index contributed by atoms with van der Waals surface area (Å²) in [5.74, 6) is 1.68. The third kappa shape index (κ3) is 2.60. The Balaban J connectivity index is 1.47. The quantitative estimate of drug-likeness (QED) is 0.901. The van der Waals surface area contributed by atoms with Crippen molar-refractivity contribution in [2.45, 2.75) is 31.3 Å². The van der Waals surface area contributed by atoms with Gasteiger partial charge in [0.1, 0.15) is 5.76 Å². The highest BCUT2D eigenvalue weighted by molar-refractivity contribution is 6.30. The molecule has 1 fully saturated rings. The molecule has 18 heavy (non-hydrogen) atoms. The molecule has 1 aliphatic rings. The monoisotopic (exact) mass is 261 g/mol. The minimum Gasteiger partial charge on any atom is -0.468 e. The molecule has 94 valence electrons. The highest BCUT2D eigenvalue weighted by atomic mass is 35.5. The molecule has 0 saturated heterocycles. The molecular weight excluding hydrogens is 246 g/mol. The fourth-order valence-electron chi connectivity index (χ4n) is 2.45. The lowest BCUT2D eigenvalue weighted by molar-refractivity contribution is 0.281. The van der Waals surface area contributed by atoms with Crippen molar-refractivity contribution in [3.05, 3.63) is 59.0 Å². The molecule has 1 aliphatic carbocycles. The van der Waals surface area contributed by atoms with Gasteiger partial charge >= 0.3 is 0 Å². The third-order valence-electron chi connectivity index (χ3n) is 3.62. The summed E-state index contributed by atoms with van der Waals surface area (Å²) in [5, 5.41) is 4.32. The molecule has 3 rings (SSSR count). The van der Waals surface area contributed by atoms with Crippen LogP contribution in [0.4, 0.5) is 0 Å². The van der Waals surface area contributed by atoms with E-state index in [0.717, 1.165) is 17.3 Å². The number of furan rings is 1. The highest BCUT2D eigenvalue weighted by Crippen LogP contribution is 2.37. The van der Waals surface area contributed by atoms with E-state index >= 15 is 0 Å². The van der Waals surface area contributed by atoms with Crippen molar-refractivity contribution < 1.29 is 4.42 Å². The van der Waals surface area contributed by atoms with Crippen LogP contribution in [0.25, 0.3) is 0 Å². The van der Waals surface area contributed by atoms with Crippen LogP contribution in [0.5, 0.6) is 0 Å². The molecule has 0 aliphatic heterocycles. The fraction of sp³-hybridized carbons (Fsp3) is 0.333. The van der Waals surface area contributed by atoms with Gasteiger partial charge in [-0.1, -0.05) is 23.7 Å². The van der Waals surface area contributed by atoms with Crippen molar-refractivity contribution in [1.29, 1.82) is 0 Å². The van der Waals surface area contributed by atoms with E-state index in [1.807, 2.05) is 24.3 Å². The molecular formula is C15H16ClNO. The second-order valence-corrected chi connectivity index (χ2v) is 5.31. The molecule has 1 heterocycles. The van der Waals surface area contributed by atoms with Crippen molar-refractivity contribution in [3.63, 3.8) is 0 Å². The molecule has 1 aromatic carbocycles. The summed E-state index contributed by atoms with van der Waals surface area (Å²) in [6.07, 6.45) is 4.11. The van der Waals surface area contributed by atoms with Crippen LogP contribution in [-0.2, 0) is 6.54 Å². The first kappa shape index (κ1) is 11.8. The van der Waals surface area contributed by atoms with Crippen LogP contribution in [0.1, 0.15) is 30.1 Å². The SMILES string of the molecule is Clc1ccc(C2CC(NCc3ccco3)C2)cc1. The lowest BCUT2D eigenvalue weighted by Crippen LogP contribution is -2.39. The van der Waals surface area contributed by atoms with E-state index in [1.54, 1.807) is 6.26 Å². The molecule has 3 heteroatoms. The predicted octanol–water partition coefficient (Wildman–Crippen LogP) is 3.97. The Morgan fingerprint density at radius 3 is 2.61 bits per heavy atom. The number of benzene rings is 1. The lowest BCUT2D eigenvalue weighted by Gasteiger charge is -2.36. The number of rotatable bonds is 4. The maximum absolute atomic E-state index is 5.89. The van der Waals surface area contributed by atoms with Gasteiger partial charge in [0.05, 0.1) is 12.8 Å². The number of nitrogens with one attached hydrogen (secondary N) is 1. The van der Waals surface area contributed by atoms with E-state index in [1.165, 1.54) is 18.4 Å². The molecule has 1 saturated carbocycles. The van der Waals surface area contributed by atoms with Crippen LogP contribution in [0.15, 0.2) is 47.1 Å². The third-order valence-corrected chi connectivity index (χ3v) is 3.88. The molecule has 0 atom stereocenters. The normalized spacial score (nSPS) is 22.7. The molecule has 0 bridgehead atoms. The van der Waals surface area contributed by atoms with E-state index in [2.05, 4.69) is 17.4 Å². The van der Waals surface area contributed by atoms with E-state index in [9.17, 15) is 0 Å². The Bertz CT molecular complexity index is 486. The number of hydrogen-bond acceptors (Lipinski definition) is 2. The number of hydrogen-bond donors (Lipinski definition) is 1. The maximum Gasteiger partial charge on any atom is 0.117 e. The van der Waals surface area contributed by atoms with E-state index in [-0.39, 0.29) is 0 Å². The summed E-state index contributed by atoms with van der Waals surface area (Å²) in [7, 11) is 0. The Labute approximate surface area is 112 Å². The summed E-state index contributed by atoms with van der Waals surface area (Å²) in [5.41, 5.74) is 1.40. The smallest absolute Gasteiger partial charge is 0.117 e. The Kier molecular flexibility index (Phi) is 3.39. The van der Waals surface area contributed by atoms with Crippen LogP contribution < -0.4 is 5.32 Å². The average Bonchev–Trinajstić information content (AvgIpc) is 2.82. The van der Waals surface area contributed by atoms with E-state index in [4.69, 9.17) is 16.0 Å². The number of halogens is 1. The molecule has 0 amide bonds. The summed E-state index contributed by atoms with van der Waals surface area (Å²) in [4.78, 5) is 0. The van der Waals surface area contributed by atoms with Gasteiger partial charge in [-0.2, -0.15) is 0 Å². The van der Waals surface area contributed by atoms with Crippen LogP contribution in [-0.4, -0.2) is 6.04 Å². The summed E-state index contributed by atoms with van der Waals surface area (Å²) < 4.78 is 5.30. The van der Waals surface area contributed by atoms with Crippen LogP contribution in [0.3, 0.4) is 0 Å². The fourth-order valence-corrected chi connectivity index (χ4v) is 2.58. The van der Waals surface area contributed by atoms with Gasteiger partial charge < -0.3 is 9.73 Å². The molecule has 0 spiro atoms. The van der Waals surface area contributed by atoms with Crippen molar-refractivity contribution in [2.75, 3.05) is 0 Å². The molecule has 0 unspecified atom stereocenters. The van der Waals surface area contributed by atoms with Crippen LogP contribution in [0.2, 0.25) is 5.02 Å². The standard InChI is InChI=1S/C15H16ClNO/c16-13-5-3-11(4-6-13)12-8-14(9-12)17-10-15-2-1-7-18-15/h1-7,12,14,17H,8-10H2. The van der Waals surface area contributed by atoms with Gasteiger partial charge in [-0.15, -0.1) is 0 Å². The van der Waals surface area contributed by atoms with Crippen molar-refractivity contribution >= 4 is 11.6 Å². The molecule has 1 aromatic heterocycles. The second-order valence-electron chi connectivity index (χ2n) is 4.88. The van der Waals surface area contributed by atoms with Gasteiger partial charge in [-0.05, 0) is 48.6 Å². The Morgan fingerprint density at radius 1 is 1.17 bits per heavy atom. The zero-order valence-electron chi connectivity index (χ0n) is 10.1. The predicted molar refractivity (Wildman–Crippen MR) is 72.8 cm³/mol. The first-order valence-electron chi connectivity index (χ1n) is 6.32. The summed E-state index contributed by atoms with van der Waals surface area (Å²) in [6.45, 7) is 0.824. The minimum absolute atomic E-state index is 0.607. The largest absolute Gasteiger partial charge is 0.468 e. The lowest BCUT2D eigenvalue weighted by atomic mass is 9.76. The van der Waals surface area contributed by atoms with Gasteiger partial charge in [-0.3, -0.25) is 0 Å². The van der Waals surface area contributed by atoms with E-state index in [0.29, 0.717) is 12.0 Å². The van der Waals surface area contributed by atoms with Gasteiger partial charge in [0.25, 0.3) is 0 Å². The molecule has 2 aromatic rings. The van der Waals surface area contributed by atoms with E-state index < -0.39 is 0 Å². The highest BCUT2D eigenvalue weighted by Gasteiger charge is 2.29. The van der Waals surface area contributed by atoms with Crippen molar-refractivity contribution in [3.8, 4) is 0 Å². The Hall–Kier alpha value is -1.25. The van der Waals surface area contributed by atoms with Crippen LogP contribution in [0, 0.1) is 0 Å². The van der Waals surface area contributed by atoms with Crippen LogP contribution >= 0.6 is 11.6 Å². The summed E-state index contributed by atoms with van der Waals surface area (Å²) >= 11 is 5.89. The topological polar surface area (TPSA) is 25.2 Å². The van der Waals surface area contributed by atoms with Gasteiger partial charge in [0.15, 0.2) is 0 Å². The molecule has 1 N–H and O–H groups in total. The maximum atomic E-state index is 5.89. The Morgan fingerprint density at radius 2 is 1.94 bits per heavy atom. The molecule has 0 radical (unpaired) electrons. The minimum atomic E-state index is 0.607. The van der Waals surface area contributed by atoms with Crippen molar-refractivity contribution in [1.82, 2.24) is 5.32 Å². The first-order valence-corrected chi connectivity index (χ1v) is 6.70.